The average Bonchev–Trinajstić information content (AvgIpc) is 1.57. The van der Waals surface area contributed by atoms with Gasteiger partial charge in [0.2, 0.25) is 0 Å². The third-order valence-electron chi connectivity index (χ3n) is 0.728. The van der Waals surface area contributed by atoms with Crippen molar-refractivity contribution in [1.82, 2.24) is 0 Å². The Hall–Kier alpha value is 0.900. The zero-order chi connectivity index (χ0) is 8.41. The zero-order valence-corrected chi connectivity index (χ0v) is 9.32. The molecule has 0 aliphatic carbocycles. The molecule has 4 heteroatoms. The minimum absolute atomic E-state index is 0.162. The van der Waals surface area contributed by atoms with E-state index in [9.17, 15) is 0 Å². The van der Waals surface area contributed by atoms with Gasteiger partial charge in [0.15, 0.2) is 0 Å². The summed E-state index contributed by atoms with van der Waals surface area (Å²) < 4.78 is 5.29. The largest absolute Gasteiger partial charge is 0.337 e. The monoisotopic (exact) mass is 200 g/mol. The highest BCUT2D eigenvalue weighted by molar-refractivity contribution is 8.24. The van der Waals surface area contributed by atoms with Crippen molar-refractivity contribution in [1.29, 1.82) is 0 Å². The summed E-state index contributed by atoms with van der Waals surface area (Å²) in [5, 5.41) is 0. The molecule has 0 amide bonds. The normalized spacial score (nSPS) is 18.5. The molecule has 0 aromatic rings. The Labute approximate surface area is 73.0 Å². The standard InChI is InChI=1S/C6H14ClOPS/c1-6(2,3)5-8-9(4,7)10/h5H2,1-4H3. The molecule has 0 bridgehead atoms. The van der Waals surface area contributed by atoms with Crippen molar-refractivity contribution in [3.05, 3.63) is 0 Å². The number of hydrogen-bond acceptors (Lipinski definition) is 2. The van der Waals surface area contributed by atoms with Crippen LogP contribution < -0.4 is 0 Å². The van der Waals surface area contributed by atoms with E-state index in [-0.39, 0.29) is 5.41 Å². The van der Waals surface area contributed by atoms with Gasteiger partial charge in [-0.15, -0.1) is 0 Å². The molecule has 0 aliphatic heterocycles. The van der Waals surface area contributed by atoms with Gasteiger partial charge in [0.1, 0.15) is 5.62 Å². The van der Waals surface area contributed by atoms with Crippen LogP contribution in [0, 0.1) is 5.41 Å². The molecule has 0 saturated carbocycles. The summed E-state index contributed by atoms with van der Waals surface area (Å²) in [6, 6.07) is 0. The quantitative estimate of drug-likeness (QED) is 0.633. The summed E-state index contributed by atoms with van der Waals surface area (Å²) >= 11 is 10.7. The van der Waals surface area contributed by atoms with Crippen LogP contribution >= 0.6 is 16.9 Å². The van der Waals surface area contributed by atoms with Gasteiger partial charge in [-0.1, -0.05) is 43.8 Å². The van der Waals surface area contributed by atoms with E-state index < -0.39 is 5.62 Å². The van der Waals surface area contributed by atoms with Crippen molar-refractivity contribution >= 4 is 28.7 Å². The zero-order valence-electron chi connectivity index (χ0n) is 6.85. The minimum Gasteiger partial charge on any atom is -0.337 e. The lowest BCUT2D eigenvalue weighted by Gasteiger charge is -2.20. The van der Waals surface area contributed by atoms with E-state index in [2.05, 4.69) is 20.8 Å². The van der Waals surface area contributed by atoms with Crippen LogP contribution in [-0.2, 0) is 16.3 Å². The Morgan fingerprint density at radius 1 is 1.50 bits per heavy atom. The predicted octanol–water partition coefficient (Wildman–Crippen LogP) is 3.23. The number of hydrogen-bond donors (Lipinski definition) is 0. The van der Waals surface area contributed by atoms with Gasteiger partial charge < -0.3 is 4.52 Å². The van der Waals surface area contributed by atoms with E-state index in [4.69, 9.17) is 27.6 Å². The Morgan fingerprint density at radius 3 is 2.00 bits per heavy atom. The van der Waals surface area contributed by atoms with Crippen molar-refractivity contribution in [2.45, 2.75) is 20.8 Å². The molecule has 0 radical (unpaired) electrons. The lowest BCUT2D eigenvalue weighted by molar-refractivity contribution is 0.219. The second kappa shape index (κ2) is 3.53. The van der Waals surface area contributed by atoms with Gasteiger partial charge >= 0.3 is 0 Å². The minimum atomic E-state index is -1.96. The van der Waals surface area contributed by atoms with Crippen molar-refractivity contribution < 1.29 is 4.52 Å². The van der Waals surface area contributed by atoms with Crippen LogP contribution in [0.25, 0.3) is 0 Å². The third kappa shape index (κ3) is 8.90. The van der Waals surface area contributed by atoms with Crippen molar-refractivity contribution in [2.75, 3.05) is 13.3 Å². The van der Waals surface area contributed by atoms with Gasteiger partial charge in [-0.25, -0.2) is 0 Å². The first-order valence-electron chi connectivity index (χ1n) is 3.12. The first-order valence-corrected chi connectivity index (χ1v) is 7.20. The average molecular weight is 201 g/mol. The van der Waals surface area contributed by atoms with Crippen molar-refractivity contribution in [3.63, 3.8) is 0 Å². The smallest absolute Gasteiger partial charge is 0.148 e. The van der Waals surface area contributed by atoms with E-state index in [1.54, 1.807) is 6.66 Å². The van der Waals surface area contributed by atoms with Crippen LogP contribution in [0.3, 0.4) is 0 Å². The lowest BCUT2D eigenvalue weighted by Crippen LogP contribution is -2.12. The molecule has 0 aromatic carbocycles. The molecule has 0 saturated heterocycles. The second-order valence-electron chi connectivity index (χ2n) is 3.58. The molecule has 0 fully saturated rings. The molecule has 1 unspecified atom stereocenters. The Morgan fingerprint density at radius 2 is 1.90 bits per heavy atom. The summed E-state index contributed by atoms with van der Waals surface area (Å²) in [5.41, 5.74) is -1.79. The van der Waals surface area contributed by atoms with Crippen LogP contribution in [0.1, 0.15) is 20.8 Å². The third-order valence-corrected chi connectivity index (χ3v) is 1.93. The highest BCUT2D eigenvalue weighted by Gasteiger charge is 2.14. The molecule has 0 heterocycles. The van der Waals surface area contributed by atoms with Crippen molar-refractivity contribution in [2.24, 2.45) is 5.41 Å². The van der Waals surface area contributed by atoms with Gasteiger partial charge in [-0.2, -0.15) is 0 Å². The lowest BCUT2D eigenvalue weighted by atomic mass is 9.99. The molecule has 10 heavy (non-hydrogen) atoms. The number of rotatable bonds is 2. The molecule has 0 spiro atoms. The molecule has 0 N–H and O–H groups in total. The molecule has 0 aliphatic rings. The summed E-state index contributed by atoms with van der Waals surface area (Å²) in [7, 11) is 0. The molecular weight excluding hydrogens is 187 g/mol. The van der Waals surface area contributed by atoms with Gasteiger partial charge in [0.05, 0.1) is 6.61 Å². The van der Waals surface area contributed by atoms with Crippen molar-refractivity contribution in [3.8, 4) is 0 Å². The Kier molecular flexibility index (Phi) is 3.85. The van der Waals surface area contributed by atoms with Gasteiger partial charge in [-0.3, -0.25) is 0 Å². The number of halogens is 1. The molecular formula is C6H14ClOPS. The highest BCUT2D eigenvalue weighted by Crippen LogP contribution is 2.49. The molecule has 0 aromatic heterocycles. The Balaban J connectivity index is 3.67. The molecule has 1 atom stereocenters. The van der Waals surface area contributed by atoms with Gasteiger partial charge in [0.25, 0.3) is 0 Å². The van der Waals surface area contributed by atoms with Crippen LogP contribution in [-0.4, -0.2) is 13.3 Å². The molecule has 62 valence electrons. The van der Waals surface area contributed by atoms with E-state index in [0.717, 1.165) is 0 Å². The highest BCUT2D eigenvalue weighted by atomic mass is 35.7. The van der Waals surface area contributed by atoms with Crippen LogP contribution in [0.2, 0.25) is 0 Å². The molecule has 0 rings (SSSR count). The predicted molar refractivity (Wildman–Crippen MR) is 51.5 cm³/mol. The van der Waals surface area contributed by atoms with E-state index in [0.29, 0.717) is 6.61 Å². The van der Waals surface area contributed by atoms with Gasteiger partial charge in [0, 0.05) is 6.66 Å². The second-order valence-corrected chi connectivity index (χ2v) is 9.96. The summed E-state index contributed by atoms with van der Waals surface area (Å²) in [4.78, 5) is 0. The topological polar surface area (TPSA) is 9.23 Å². The fourth-order valence-electron chi connectivity index (χ4n) is 0.309. The van der Waals surface area contributed by atoms with E-state index in [1.807, 2.05) is 0 Å². The maximum absolute atomic E-state index is 5.74. The fraction of sp³-hybridized carbons (Fsp3) is 1.00. The SMILES string of the molecule is CC(C)(C)COP(C)(=S)Cl. The van der Waals surface area contributed by atoms with Crippen LogP contribution in [0.5, 0.6) is 0 Å². The van der Waals surface area contributed by atoms with Crippen LogP contribution in [0.4, 0.5) is 0 Å². The maximum Gasteiger partial charge on any atom is 0.148 e. The fourth-order valence-corrected chi connectivity index (χ4v) is 1.23. The summed E-state index contributed by atoms with van der Waals surface area (Å²) in [6.45, 7) is 8.69. The first kappa shape index (κ1) is 10.9. The van der Waals surface area contributed by atoms with E-state index in [1.165, 1.54) is 0 Å². The first-order chi connectivity index (χ1) is 4.21. The Bertz CT molecular complexity index is 146. The van der Waals surface area contributed by atoms with Crippen LogP contribution in [0.15, 0.2) is 0 Å². The van der Waals surface area contributed by atoms with Gasteiger partial charge in [-0.05, 0) is 5.41 Å². The van der Waals surface area contributed by atoms with E-state index >= 15 is 0 Å². The summed E-state index contributed by atoms with van der Waals surface area (Å²) in [5.74, 6) is 0. The maximum atomic E-state index is 5.74. The molecule has 1 nitrogen and oxygen atoms in total. The summed E-state index contributed by atoms with van der Waals surface area (Å²) in [6.07, 6.45) is 0.